The van der Waals surface area contributed by atoms with Crippen LogP contribution in [0.1, 0.15) is 30.9 Å². The van der Waals surface area contributed by atoms with Crippen molar-refractivity contribution in [2.45, 2.75) is 25.5 Å². The minimum Gasteiger partial charge on any atom is -0.259 e. The van der Waals surface area contributed by atoms with Gasteiger partial charge in [-0.1, -0.05) is 25.5 Å². The second kappa shape index (κ2) is 6.39. The fourth-order valence-electron chi connectivity index (χ4n) is 1.33. The Morgan fingerprint density at radius 1 is 1.50 bits per heavy atom. The molecule has 1 aromatic rings. The molecule has 2 nitrogen and oxygen atoms in total. The summed E-state index contributed by atoms with van der Waals surface area (Å²) >= 11 is 0. The molecule has 0 spiro atoms. The van der Waals surface area contributed by atoms with E-state index in [4.69, 9.17) is 5.26 Å². The Morgan fingerprint density at radius 3 is 2.88 bits per heavy atom. The molecule has 1 aromatic carbocycles. The molecule has 0 amide bonds. The van der Waals surface area contributed by atoms with Gasteiger partial charge in [0.05, 0.1) is 11.3 Å². The van der Waals surface area contributed by atoms with Crippen molar-refractivity contribution in [3.05, 3.63) is 35.1 Å². The third-order valence-electron chi connectivity index (χ3n) is 2.24. The van der Waals surface area contributed by atoms with E-state index in [0.717, 1.165) is 12.8 Å². The highest BCUT2D eigenvalue weighted by atomic mass is 32.2. The van der Waals surface area contributed by atoms with Crippen molar-refractivity contribution in [2.75, 3.05) is 5.75 Å². The molecule has 1 atom stereocenters. The molecule has 0 radical (unpaired) electrons. The van der Waals surface area contributed by atoms with Crippen molar-refractivity contribution in [3.8, 4) is 6.07 Å². The number of benzene rings is 1. The number of unbranched alkanes of at least 4 members (excludes halogenated alkanes) is 1. The van der Waals surface area contributed by atoms with Crippen molar-refractivity contribution >= 4 is 10.8 Å². The van der Waals surface area contributed by atoms with Gasteiger partial charge in [0, 0.05) is 22.1 Å². The predicted octanol–water partition coefficient (Wildman–Crippen LogP) is 2.75. The van der Waals surface area contributed by atoms with Gasteiger partial charge < -0.3 is 0 Å². The second-order valence-corrected chi connectivity index (χ2v) is 5.11. The van der Waals surface area contributed by atoms with Gasteiger partial charge in [0.1, 0.15) is 11.9 Å². The smallest absolute Gasteiger partial charge is 0.145 e. The van der Waals surface area contributed by atoms with Crippen molar-refractivity contribution in [3.63, 3.8) is 0 Å². The topological polar surface area (TPSA) is 40.9 Å². The Bertz CT molecular complexity index is 426. The highest BCUT2D eigenvalue weighted by molar-refractivity contribution is 7.84. The maximum absolute atomic E-state index is 13.6. The van der Waals surface area contributed by atoms with Crippen molar-refractivity contribution in [1.29, 1.82) is 5.26 Å². The Hall–Kier alpha value is -1.21. The quantitative estimate of drug-likeness (QED) is 0.792. The first kappa shape index (κ1) is 12.9. The van der Waals surface area contributed by atoms with Gasteiger partial charge in [-0.25, -0.2) is 4.39 Å². The van der Waals surface area contributed by atoms with Crippen LogP contribution >= 0.6 is 0 Å². The number of rotatable bonds is 5. The molecule has 16 heavy (non-hydrogen) atoms. The molecule has 0 aliphatic carbocycles. The molecule has 0 aromatic heterocycles. The number of halogens is 1. The first-order chi connectivity index (χ1) is 7.69. The molecular formula is C12H14FNOS. The molecule has 0 saturated carbocycles. The zero-order valence-electron chi connectivity index (χ0n) is 9.20. The van der Waals surface area contributed by atoms with Crippen LogP contribution in [0.15, 0.2) is 18.2 Å². The number of nitriles is 1. The van der Waals surface area contributed by atoms with Crippen LogP contribution < -0.4 is 0 Å². The summed E-state index contributed by atoms with van der Waals surface area (Å²) in [5.74, 6) is 0.253. The Morgan fingerprint density at radius 2 is 2.25 bits per heavy atom. The number of nitrogens with zero attached hydrogens (tertiary/aromatic N) is 1. The molecule has 0 aliphatic heterocycles. The largest absolute Gasteiger partial charge is 0.259 e. The predicted molar refractivity (Wildman–Crippen MR) is 62.7 cm³/mol. The summed E-state index contributed by atoms with van der Waals surface area (Å²) in [7, 11) is -1.04. The molecule has 4 heteroatoms. The van der Waals surface area contributed by atoms with E-state index in [1.54, 1.807) is 18.2 Å². The van der Waals surface area contributed by atoms with Gasteiger partial charge in [-0.15, -0.1) is 0 Å². The maximum Gasteiger partial charge on any atom is 0.145 e. The maximum atomic E-state index is 13.6. The minimum atomic E-state index is -1.04. The van der Waals surface area contributed by atoms with Gasteiger partial charge in [0.2, 0.25) is 0 Å². The van der Waals surface area contributed by atoms with Gasteiger partial charge in [0.15, 0.2) is 0 Å². The van der Waals surface area contributed by atoms with Gasteiger partial charge in [-0.05, 0) is 12.5 Å². The highest BCUT2D eigenvalue weighted by Crippen LogP contribution is 2.14. The highest BCUT2D eigenvalue weighted by Gasteiger charge is 2.10. The van der Waals surface area contributed by atoms with Gasteiger partial charge in [0.25, 0.3) is 0 Å². The van der Waals surface area contributed by atoms with E-state index >= 15 is 0 Å². The van der Waals surface area contributed by atoms with Crippen molar-refractivity contribution in [2.24, 2.45) is 0 Å². The van der Waals surface area contributed by atoms with Crippen LogP contribution in [-0.4, -0.2) is 9.96 Å². The average Bonchev–Trinajstić information content (AvgIpc) is 2.29. The summed E-state index contributed by atoms with van der Waals surface area (Å²) in [5, 5.41) is 8.65. The van der Waals surface area contributed by atoms with E-state index in [2.05, 4.69) is 0 Å². The molecule has 0 N–H and O–H groups in total. The Labute approximate surface area is 97.6 Å². The third kappa shape index (κ3) is 3.42. The molecule has 0 fully saturated rings. The van der Waals surface area contributed by atoms with Crippen LogP contribution in [0, 0.1) is 17.1 Å². The van der Waals surface area contributed by atoms with Gasteiger partial charge in [-0.3, -0.25) is 4.21 Å². The zero-order chi connectivity index (χ0) is 12.0. The van der Waals surface area contributed by atoms with Gasteiger partial charge in [-0.2, -0.15) is 5.26 Å². The van der Waals surface area contributed by atoms with Crippen LogP contribution in [0.4, 0.5) is 4.39 Å². The Kier molecular flexibility index (Phi) is 5.13. The van der Waals surface area contributed by atoms with Crippen LogP contribution in [0.25, 0.3) is 0 Å². The lowest BCUT2D eigenvalue weighted by atomic mass is 10.1. The molecule has 86 valence electrons. The van der Waals surface area contributed by atoms with Crippen molar-refractivity contribution in [1.82, 2.24) is 0 Å². The Balaban J connectivity index is 2.75. The summed E-state index contributed by atoms with van der Waals surface area (Å²) < 4.78 is 25.2. The zero-order valence-corrected chi connectivity index (χ0v) is 10.0. The first-order valence-corrected chi connectivity index (χ1v) is 6.70. The lowest BCUT2D eigenvalue weighted by molar-refractivity contribution is 0.611. The summed E-state index contributed by atoms with van der Waals surface area (Å²) in [4.78, 5) is 0. The van der Waals surface area contributed by atoms with Gasteiger partial charge >= 0.3 is 0 Å². The van der Waals surface area contributed by atoms with E-state index in [1.165, 1.54) is 6.07 Å². The third-order valence-corrected chi connectivity index (χ3v) is 3.62. The number of hydrogen-bond acceptors (Lipinski definition) is 2. The van der Waals surface area contributed by atoms with Crippen LogP contribution in [-0.2, 0) is 16.6 Å². The summed E-state index contributed by atoms with van der Waals surface area (Å²) in [5.41, 5.74) is 0.387. The molecule has 0 bridgehead atoms. The second-order valence-electron chi connectivity index (χ2n) is 3.53. The molecule has 0 heterocycles. The standard InChI is InChI=1S/C12H14FNOS/c1-2-3-7-16(15)9-11-6-4-5-10(8-14)12(11)13/h4-6H,2-3,7,9H2,1H3. The van der Waals surface area contributed by atoms with E-state index in [-0.39, 0.29) is 11.3 Å². The molecule has 1 rings (SSSR count). The average molecular weight is 239 g/mol. The minimum absolute atomic E-state index is 0.0185. The normalized spacial score (nSPS) is 12.1. The summed E-state index contributed by atoms with van der Waals surface area (Å²) in [6, 6.07) is 6.40. The lowest BCUT2D eigenvalue weighted by Crippen LogP contribution is -2.03. The van der Waals surface area contributed by atoms with E-state index in [0.29, 0.717) is 11.3 Å². The van der Waals surface area contributed by atoms with Crippen LogP contribution in [0.3, 0.4) is 0 Å². The molecular weight excluding hydrogens is 225 g/mol. The first-order valence-electron chi connectivity index (χ1n) is 5.21. The fourth-order valence-corrected chi connectivity index (χ4v) is 2.65. The van der Waals surface area contributed by atoms with E-state index < -0.39 is 16.6 Å². The monoisotopic (exact) mass is 239 g/mol. The number of hydrogen-bond donors (Lipinski definition) is 0. The summed E-state index contributed by atoms with van der Waals surface area (Å²) in [6.07, 6.45) is 1.86. The SMILES string of the molecule is CCCCS(=O)Cc1cccc(C#N)c1F. The van der Waals surface area contributed by atoms with E-state index in [9.17, 15) is 8.60 Å². The molecule has 0 saturated heterocycles. The van der Waals surface area contributed by atoms with E-state index in [1.807, 2.05) is 6.92 Å². The van der Waals surface area contributed by atoms with Crippen LogP contribution in [0.5, 0.6) is 0 Å². The fraction of sp³-hybridized carbons (Fsp3) is 0.417. The van der Waals surface area contributed by atoms with Crippen molar-refractivity contribution < 1.29 is 8.60 Å². The summed E-state index contributed by atoms with van der Waals surface area (Å²) in [6.45, 7) is 2.02. The molecule has 0 aliphatic rings. The molecule has 1 unspecified atom stereocenters. The van der Waals surface area contributed by atoms with Crippen LogP contribution in [0.2, 0.25) is 0 Å². The lowest BCUT2D eigenvalue weighted by Gasteiger charge is -2.04.